The molecule has 3 aromatic carbocycles. The first-order chi connectivity index (χ1) is 15.9. The van der Waals surface area contributed by atoms with Crippen LogP contribution in [0.2, 0.25) is 0 Å². The predicted molar refractivity (Wildman–Crippen MR) is 128 cm³/mol. The largest absolute Gasteiger partial charge is 0.495 e. The first-order valence-corrected chi connectivity index (χ1v) is 12.5. The van der Waals surface area contributed by atoms with Crippen molar-refractivity contribution in [1.29, 1.82) is 0 Å². The van der Waals surface area contributed by atoms with Crippen LogP contribution in [-0.4, -0.2) is 43.7 Å². The second-order valence-corrected chi connectivity index (χ2v) is 9.93. The maximum Gasteiger partial charge on any atom is 0.254 e. The van der Waals surface area contributed by atoms with Crippen LogP contribution in [0.25, 0.3) is 0 Å². The van der Waals surface area contributed by atoms with Crippen molar-refractivity contribution in [2.45, 2.75) is 31.3 Å². The quantitative estimate of drug-likeness (QED) is 0.528. The maximum atomic E-state index is 13.6. The number of carbonyl (C=O) groups is 1. The van der Waals surface area contributed by atoms with Crippen molar-refractivity contribution in [2.75, 3.05) is 20.2 Å². The van der Waals surface area contributed by atoms with E-state index in [9.17, 15) is 13.2 Å². The number of carbonyl (C=O) groups excluding carboxylic acids is 1. The Morgan fingerprint density at radius 1 is 1.00 bits per heavy atom. The summed E-state index contributed by atoms with van der Waals surface area (Å²) in [5.74, 6) is 0.0387. The molecule has 172 valence electrons. The topological polar surface area (TPSA) is 66.9 Å². The Kier molecular flexibility index (Phi) is 6.81. The van der Waals surface area contributed by atoms with E-state index in [0.29, 0.717) is 25.2 Å². The third-order valence-electron chi connectivity index (χ3n) is 6.00. The molecule has 3 aromatic rings. The first kappa shape index (κ1) is 23.0. The van der Waals surface area contributed by atoms with E-state index in [1.165, 1.54) is 23.0 Å². The van der Waals surface area contributed by atoms with Gasteiger partial charge in [0.1, 0.15) is 10.6 Å². The lowest BCUT2D eigenvalue weighted by atomic mass is 9.99. The molecule has 0 atom stereocenters. The highest BCUT2D eigenvalue weighted by molar-refractivity contribution is 7.89. The maximum absolute atomic E-state index is 13.6. The average molecular weight is 465 g/mol. The van der Waals surface area contributed by atoms with Crippen LogP contribution in [-0.2, 0) is 29.5 Å². The highest BCUT2D eigenvalue weighted by Crippen LogP contribution is 2.30. The molecule has 1 aliphatic heterocycles. The smallest absolute Gasteiger partial charge is 0.254 e. The zero-order valence-corrected chi connectivity index (χ0v) is 19.7. The summed E-state index contributed by atoms with van der Waals surface area (Å²) in [6.45, 7) is 3.44. The highest BCUT2D eigenvalue weighted by Gasteiger charge is 2.29. The number of methoxy groups -OCH3 is 1. The number of benzene rings is 3. The van der Waals surface area contributed by atoms with E-state index < -0.39 is 10.0 Å². The zero-order chi connectivity index (χ0) is 23.4. The van der Waals surface area contributed by atoms with Gasteiger partial charge in [-0.25, -0.2) is 8.42 Å². The minimum atomic E-state index is -3.89. The zero-order valence-electron chi connectivity index (χ0n) is 18.9. The molecular formula is C26H28N2O4S. The number of amides is 1. The minimum absolute atomic E-state index is 0.00559. The molecule has 0 saturated heterocycles. The van der Waals surface area contributed by atoms with Gasteiger partial charge in [-0.3, -0.25) is 4.79 Å². The van der Waals surface area contributed by atoms with Crippen molar-refractivity contribution >= 4 is 15.9 Å². The molecule has 0 aromatic heterocycles. The van der Waals surface area contributed by atoms with Crippen molar-refractivity contribution in [1.82, 2.24) is 9.21 Å². The lowest BCUT2D eigenvalue weighted by molar-refractivity contribution is 0.0734. The van der Waals surface area contributed by atoms with Crippen LogP contribution >= 0.6 is 0 Å². The van der Waals surface area contributed by atoms with Crippen molar-refractivity contribution in [3.8, 4) is 5.75 Å². The van der Waals surface area contributed by atoms with Crippen molar-refractivity contribution < 1.29 is 17.9 Å². The van der Waals surface area contributed by atoms with E-state index in [-0.39, 0.29) is 23.1 Å². The van der Waals surface area contributed by atoms with E-state index in [1.54, 1.807) is 24.0 Å². The fraction of sp³-hybridized carbons (Fsp3) is 0.269. The number of hydrogen-bond donors (Lipinski definition) is 0. The molecular weight excluding hydrogens is 436 g/mol. The van der Waals surface area contributed by atoms with Gasteiger partial charge in [0, 0.05) is 31.7 Å². The standard InChI is InChI=1S/C26H28N2O4S/c1-3-28(18-20-9-5-4-6-10-20)33(30,31)25-17-22(13-14-24(25)32-2)26(29)27-16-15-21-11-7-8-12-23(21)19-27/h4-14,17H,3,15-16,18-19H2,1-2H3. The number of rotatable bonds is 7. The van der Waals surface area contributed by atoms with Crippen LogP contribution in [0, 0.1) is 0 Å². The summed E-state index contributed by atoms with van der Waals surface area (Å²) in [5.41, 5.74) is 3.60. The summed E-state index contributed by atoms with van der Waals surface area (Å²) < 4.78 is 33.9. The van der Waals surface area contributed by atoms with Gasteiger partial charge in [0.2, 0.25) is 10.0 Å². The van der Waals surface area contributed by atoms with Gasteiger partial charge in [-0.1, -0.05) is 61.5 Å². The van der Waals surface area contributed by atoms with Gasteiger partial charge in [-0.05, 0) is 41.3 Å². The van der Waals surface area contributed by atoms with E-state index in [2.05, 4.69) is 6.07 Å². The fourth-order valence-electron chi connectivity index (χ4n) is 4.16. The predicted octanol–water partition coefficient (Wildman–Crippen LogP) is 4.10. The Labute approximate surface area is 195 Å². The summed E-state index contributed by atoms with van der Waals surface area (Å²) in [6, 6.07) is 22.2. The lowest BCUT2D eigenvalue weighted by Crippen LogP contribution is -2.36. The van der Waals surface area contributed by atoms with Gasteiger partial charge >= 0.3 is 0 Å². The van der Waals surface area contributed by atoms with Crippen LogP contribution in [0.1, 0.15) is 34.0 Å². The Bertz CT molecular complexity index is 1240. The molecule has 4 rings (SSSR count). The van der Waals surface area contributed by atoms with Crippen LogP contribution in [0.15, 0.2) is 77.7 Å². The van der Waals surface area contributed by atoms with Gasteiger partial charge in [-0.15, -0.1) is 0 Å². The van der Waals surface area contributed by atoms with Gasteiger partial charge in [0.15, 0.2) is 0 Å². The normalized spacial score (nSPS) is 13.6. The summed E-state index contributed by atoms with van der Waals surface area (Å²) in [7, 11) is -2.45. The molecule has 0 bridgehead atoms. The Morgan fingerprint density at radius 3 is 2.39 bits per heavy atom. The van der Waals surface area contributed by atoms with Crippen LogP contribution in [0.5, 0.6) is 5.75 Å². The van der Waals surface area contributed by atoms with Crippen molar-refractivity contribution in [3.05, 3.63) is 95.1 Å². The van der Waals surface area contributed by atoms with Crippen LogP contribution in [0.3, 0.4) is 0 Å². The number of fused-ring (bicyclic) bond motifs is 1. The Balaban J connectivity index is 1.64. The second kappa shape index (κ2) is 9.77. The summed E-state index contributed by atoms with van der Waals surface area (Å²) >= 11 is 0. The summed E-state index contributed by atoms with van der Waals surface area (Å²) in [5, 5.41) is 0. The van der Waals surface area contributed by atoms with Gasteiger partial charge < -0.3 is 9.64 Å². The fourth-order valence-corrected chi connectivity index (χ4v) is 5.77. The SMILES string of the molecule is CCN(Cc1ccccc1)S(=O)(=O)c1cc(C(=O)N2CCc3ccccc3C2)ccc1OC. The average Bonchev–Trinajstić information content (AvgIpc) is 2.86. The molecule has 1 aliphatic rings. The van der Waals surface area contributed by atoms with E-state index >= 15 is 0 Å². The summed E-state index contributed by atoms with van der Waals surface area (Å²) in [4.78, 5) is 15.1. The number of hydrogen-bond acceptors (Lipinski definition) is 4. The monoisotopic (exact) mass is 464 g/mol. The Morgan fingerprint density at radius 2 is 1.70 bits per heavy atom. The molecule has 33 heavy (non-hydrogen) atoms. The third-order valence-corrected chi connectivity index (χ3v) is 7.94. The number of sulfonamides is 1. The van der Waals surface area contributed by atoms with Crippen molar-refractivity contribution in [3.63, 3.8) is 0 Å². The van der Waals surface area contributed by atoms with Crippen molar-refractivity contribution in [2.24, 2.45) is 0 Å². The molecule has 1 heterocycles. The molecule has 1 amide bonds. The minimum Gasteiger partial charge on any atom is -0.495 e. The summed E-state index contributed by atoms with van der Waals surface area (Å²) in [6.07, 6.45) is 0.782. The van der Waals surface area contributed by atoms with Gasteiger partial charge in [0.05, 0.1) is 7.11 Å². The van der Waals surface area contributed by atoms with E-state index in [1.807, 2.05) is 48.5 Å². The van der Waals surface area contributed by atoms with Crippen LogP contribution in [0.4, 0.5) is 0 Å². The number of ether oxygens (including phenoxy) is 1. The molecule has 0 aliphatic carbocycles. The molecule has 0 fully saturated rings. The van der Waals surface area contributed by atoms with Crippen LogP contribution < -0.4 is 4.74 Å². The van der Waals surface area contributed by atoms with Gasteiger partial charge in [0.25, 0.3) is 5.91 Å². The highest BCUT2D eigenvalue weighted by atomic mass is 32.2. The number of nitrogens with zero attached hydrogens (tertiary/aromatic N) is 2. The third kappa shape index (κ3) is 4.79. The lowest BCUT2D eigenvalue weighted by Gasteiger charge is -2.29. The van der Waals surface area contributed by atoms with Gasteiger partial charge in [-0.2, -0.15) is 4.31 Å². The molecule has 7 heteroatoms. The second-order valence-electron chi connectivity index (χ2n) is 8.03. The molecule has 6 nitrogen and oxygen atoms in total. The molecule has 0 spiro atoms. The first-order valence-electron chi connectivity index (χ1n) is 11.0. The Hall–Kier alpha value is -3.16. The molecule has 0 radical (unpaired) electrons. The van der Waals surface area contributed by atoms with E-state index in [4.69, 9.17) is 4.74 Å². The molecule has 0 saturated carbocycles. The van der Waals surface area contributed by atoms with E-state index in [0.717, 1.165) is 17.5 Å². The molecule has 0 N–H and O–H groups in total. The molecule has 0 unspecified atom stereocenters.